The SMILES string of the molecule is CC(C)(C)CC(=O)O[C@@H](C(=O)O)[C@@H](OC(=O)CC(C)(C)C)C(=O)O. The Labute approximate surface area is 141 Å². The second-order valence-electron chi connectivity index (χ2n) is 7.97. The van der Waals surface area contributed by atoms with Crippen molar-refractivity contribution >= 4 is 23.9 Å². The molecule has 0 aromatic heterocycles. The van der Waals surface area contributed by atoms with Crippen molar-refractivity contribution in [2.45, 2.75) is 66.6 Å². The summed E-state index contributed by atoms with van der Waals surface area (Å²) in [5, 5.41) is 18.3. The summed E-state index contributed by atoms with van der Waals surface area (Å²) in [4.78, 5) is 46.2. The van der Waals surface area contributed by atoms with Crippen molar-refractivity contribution in [1.29, 1.82) is 0 Å². The zero-order valence-corrected chi connectivity index (χ0v) is 14.9. The van der Waals surface area contributed by atoms with Crippen LogP contribution in [0.5, 0.6) is 0 Å². The number of carboxylic acids is 2. The van der Waals surface area contributed by atoms with Gasteiger partial charge in [0, 0.05) is 0 Å². The Bertz CT molecular complexity index is 449. The number of rotatable bonds is 7. The quantitative estimate of drug-likeness (QED) is 0.669. The van der Waals surface area contributed by atoms with E-state index in [0.29, 0.717) is 0 Å². The van der Waals surface area contributed by atoms with Crippen molar-refractivity contribution in [2.75, 3.05) is 0 Å². The molecule has 0 unspecified atom stereocenters. The first-order valence-electron chi connectivity index (χ1n) is 7.47. The standard InChI is InChI=1S/C16H26O8/c1-15(2,3)7-9(17)23-11(13(19)20)12(14(21)22)24-10(18)8-16(4,5)6/h11-12H,7-8H2,1-6H3,(H,19,20)(H,21,22)/t11-,12-/m1/s1. The van der Waals surface area contributed by atoms with Crippen molar-refractivity contribution in [3.63, 3.8) is 0 Å². The normalized spacial score (nSPS) is 14.4. The second kappa shape index (κ2) is 8.12. The van der Waals surface area contributed by atoms with Crippen LogP contribution in [0.1, 0.15) is 54.4 Å². The van der Waals surface area contributed by atoms with Crippen LogP contribution < -0.4 is 0 Å². The van der Waals surface area contributed by atoms with Crippen LogP contribution in [0.4, 0.5) is 0 Å². The van der Waals surface area contributed by atoms with Gasteiger partial charge in [-0.05, 0) is 10.8 Å². The fourth-order valence-electron chi connectivity index (χ4n) is 1.72. The zero-order valence-electron chi connectivity index (χ0n) is 14.9. The van der Waals surface area contributed by atoms with E-state index in [4.69, 9.17) is 19.7 Å². The highest BCUT2D eigenvalue weighted by Gasteiger charge is 2.41. The highest BCUT2D eigenvalue weighted by Crippen LogP contribution is 2.22. The van der Waals surface area contributed by atoms with E-state index in [9.17, 15) is 19.2 Å². The fourth-order valence-corrected chi connectivity index (χ4v) is 1.72. The van der Waals surface area contributed by atoms with Crippen LogP contribution in [0.15, 0.2) is 0 Å². The molecule has 0 rings (SSSR count). The van der Waals surface area contributed by atoms with E-state index >= 15 is 0 Å². The van der Waals surface area contributed by atoms with Crippen LogP contribution in [0.25, 0.3) is 0 Å². The largest absolute Gasteiger partial charge is 0.478 e. The van der Waals surface area contributed by atoms with E-state index in [1.807, 2.05) is 0 Å². The molecule has 2 N–H and O–H groups in total. The lowest BCUT2D eigenvalue weighted by molar-refractivity contribution is -0.188. The molecule has 8 nitrogen and oxygen atoms in total. The zero-order chi connectivity index (χ0) is 19.3. The average Bonchev–Trinajstić information content (AvgIpc) is 2.28. The van der Waals surface area contributed by atoms with Crippen molar-refractivity contribution in [1.82, 2.24) is 0 Å². The number of ether oxygens (including phenoxy) is 2. The summed E-state index contributed by atoms with van der Waals surface area (Å²) in [6.45, 7) is 10.4. The summed E-state index contributed by atoms with van der Waals surface area (Å²) in [6, 6.07) is 0. The molecule has 0 saturated carbocycles. The molecule has 24 heavy (non-hydrogen) atoms. The highest BCUT2D eigenvalue weighted by molar-refractivity contribution is 5.87. The van der Waals surface area contributed by atoms with E-state index in [1.165, 1.54) is 0 Å². The summed E-state index contributed by atoms with van der Waals surface area (Å²) in [6.07, 6.45) is -4.44. The highest BCUT2D eigenvalue weighted by atomic mass is 16.6. The molecule has 0 aliphatic rings. The molecule has 138 valence electrons. The third-order valence-corrected chi connectivity index (χ3v) is 2.63. The third-order valence-electron chi connectivity index (χ3n) is 2.63. The Morgan fingerprint density at radius 2 is 0.958 bits per heavy atom. The molecule has 0 aromatic carbocycles. The van der Waals surface area contributed by atoms with Crippen molar-refractivity contribution in [3.05, 3.63) is 0 Å². The van der Waals surface area contributed by atoms with Gasteiger partial charge < -0.3 is 19.7 Å². The summed E-state index contributed by atoms with van der Waals surface area (Å²) >= 11 is 0. The lowest BCUT2D eigenvalue weighted by Gasteiger charge is -2.24. The predicted octanol–water partition coefficient (Wildman–Crippen LogP) is 1.85. The number of carbonyl (C=O) groups excluding carboxylic acids is 2. The Balaban J connectivity index is 5.19. The first-order chi connectivity index (χ1) is 10.6. The van der Waals surface area contributed by atoms with Gasteiger partial charge in [0.25, 0.3) is 0 Å². The fraction of sp³-hybridized carbons (Fsp3) is 0.750. The van der Waals surface area contributed by atoms with E-state index in [2.05, 4.69) is 0 Å². The van der Waals surface area contributed by atoms with Crippen molar-refractivity contribution < 1.29 is 38.9 Å². The lowest BCUT2D eigenvalue weighted by atomic mass is 9.92. The van der Waals surface area contributed by atoms with Gasteiger partial charge >= 0.3 is 23.9 Å². The van der Waals surface area contributed by atoms with Crippen molar-refractivity contribution in [2.24, 2.45) is 10.8 Å². The number of hydrogen-bond acceptors (Lipinski definition) is 6. The Kier molecular flexibility index (Phi) is 7.40. The Morgan fingerprint density at radius 3 is 1.12 bits per heavy atom. The molecular weight excluding hydrogens is 320 g/mol. The van der Waals surface area contributed by atoms with E-state index < -0.39 is 46.9 Å². The summed E-state index contributed by atoms with van der Waals surface area (Å²) in [5.41, 5.74) is -0.941. The molecule has 0 aliphatic carbocycles. The molecule has 2 atom stereocenters. The van der Waals surface area contributed by atoms with Gasteiger partial charge in [0.2, 0.25) is 12.2 Å². The van der Waals surface area contributed by atoms with Gasteiger partial charge in [0.15, 0.2) is 0 Å². The molecule has 0 spiro atoms. The summed E-state index contributed by atoms with van der Waals surface area (Å²) in [7, 11) is 0. The molecule has 0 bridgehead atoms. The molecular formula is C16H26O8. The topological polar surface area (TPSA) is 127 Å². The maximum atomic E-state index is 11.8. The van der Waals surface area contributed by atoms with Crippen LogP contribution in [0.3, 0.4) is 0 Å². The van der Waals surface area contributed by atoms with Gasteiger partial charge in [-0.3, -0.25) is 9.59 Å². The van der Waals surface area contributed by atoms with Crippen LogP contribution in [0.2, 0.25) is 0 Å². The Hall–Kier alpha value is -2.12. The molecule has 8 heteroatoms. The monoisotopic (exact) mass is 346 g/mol. The molecule has 0 saturated heterocycles. The van der Waals surface area contributed by atoms with Crippen molar-refractivity contribution in [3.8, 4) is 0 Å². The Morgan fingerprint density at radius 1 is 0.708 bits per heavy atom. The molecule has 0 heterocycles. The van der Waals surface area contributed by atoms with Gasteiger partial charge in [0.05, 0.1) is 12.8 Å². The van der Waals surface area contributed by atoms with Gasteiger partial charge in [-0.2, -0.15) is 0 Å². The third kappa shape index (κ3) is 9.12. The van der Waals surface area contributed by atoms with Gasteiger partial charge in [-0.25, -0.2) is 9.59 Å². The molecule has 0 aromatic rings. The number of carboxylic acid groups (broad SMARTS) is 2. The number of esters is 2. The van der Waals surface area contributed by atoms with Crippen LogP contribution >= 0.6 is 0 Å². The van der Waals surface area contributed by atoms with Gasteiger partial charge in [-0.15, -0.1) is 0 Å². The maximum Gasteiger partial charge on any atom is 0.349 e. The van der Waals surface area contributed by atoms with Crippen LogP contribution in [0, 0.1) is 10.8 Å². The minimum absolute atomic E-state index is 0.112. The minimum atomic E-state index is -2.11. The van der Waals surface area contributed by atoms with Gasteiger partial charge in [-0.1, -0.05) is 41.5 Å². The number of hydrogen-bond donors (Lipinski definition) is 2. The van der Waals surface area contributed by atoms with Gasteiger partial charge in [0.1, 0.15) is 0 Å². The first-order valence-corrected chi connectivity index (χ1v) is 7.47. The summed E-state index contributed by atoms with van der Waals surface area (Å²) in [5.74, 6) is -5.16. The lowest BCUT2D eigenvalue weighted by Crippen LogP contribution is -2.46. The average molecular weight is 346 g/mol. The predicted molar refractivity (Wildman–Crippen MR) is 83.2 cm³/mol. The van der Waals surface area contributed by atoms with E-state index in [0.717, 1.165) is 0 Å². The molecule has 0 aliphatic heterocycles. The minimum Gasteiger partial charge on any atom is -0.478 e. The summed E-state index contributed by atoms with van der Waals surface area (Å²) < 4.78 is 9.49. The molecule has 0 radical (unpaired) electrons. The number of aliphatic carboxylic acids is 2. The van der Waals surface area contributed by atoms with E-state index in [-0.39, 0.29) is 12.8 Å². The number of carbonyl (C=O) groups is 4. The maximum absolute atomic E-state index is 11.8. The molecule has 0 amide bonds. The first kappa shape index (κ1) is 21.9. The second-order valence-corrected chi connectivity index (χ2v) is 7.97. The van der Waals surface area contributed by atoms with E-state index in [1.54, 1.807) is 41.5 Å². The van der Waals surface area contributed by atoms with Crippen LogP contribution in [-0.4, -0.2) is 46.3 Å². The van der Waals surface area contributed by atoms with Crippen LogP contribution in [-0.2, 0) is 28.7 Å². The molecule has 0 fully saturated rings. The smallest absolute Gasteiger partial charge is 0.349 e.